The minimum Gasteiger partial charge on any atom is -0.389 e. The highest BCUT2D eigenvalue weighted by Gasteiger charge is 2.28. The first-order valence-electron chi connectivity index (χ1n) is 17.2. The molecule has 0 unspecified atom stereocenters. The Balaban J connectivity index is -0.000000163. The maximum absolute atomic E-state index is 11.5. The Kier molecular flexibility index (Phi) is 28.8. The zero-order chi connectivity index (χ0) is 40.2. The highest BCUT2D eigenvalue weighted by atomic mass is 31.2. The highest BCUT2D eigenvalue weighted by molar-refractivity contribution is 7.63. The second kappa shape index (κ2) is 24.2. The summed E-state index contributed by atoms with van der Waals surface area (Å²) >= 11 is 0. The first-order chi connectivity index (χ1) is 20.8. The molecule has 0 spiro atoms. The van der Waals surface area contributed by atoms with Crippen molar-refractivity contribution in [3.05, 3.63) is 0 Å². The van der Waals surface area contributed by atoms with Crippen molar-refractivity contribution in [2.75, 3.05) is 65.4 Å². The summed E-state index contributed by atoms with van der Waals surface area (Å²) in [6, 6.07) is 0. The van der Waals surface area contributed by atoms with Crippen molar-refractivity contribution in [1.82, 2.24) is 10.2 Å². The summed E-state index contributed by atoms with van der Waals surface area (Å²) in [5.41, 5.74) is 0.546. The van der Waals surface area contributed by atoms with Gasteiger partial charge in [0.05, 0.1) is 25.4 Å². The van der Waals surface area contributed by atoms with Crippen LogP contribution in [0.3, 0.4) is 0 Å². The number of nitrogens with zero attached hydrogens (tertiary/aromatic N) is 1. The van der Waals surface area contributed by atoms with Crippen LogP contribution in [0.15, 0.2) is 0 Å². The molecule has 5 N–H and O–H groups in total. The minimum atomic E-state index is -2.69. The molecule has 0 aromatic heterocycles. The van der Waals surface area contributed by atoms with Gasteiger partial charge in [-0.2, -0.15) is 0 Å². The van der Waals surface area contributed by atoms with Crippen LogP contribution in [0.25, 0.3) is 0 Å². The van der Waals surface area contributed by atoms with Gasteiger partial charge in [0, 0.05) is 29.7 Å². The number of hydrogen-bond acceptors (Lipinski definition) is 9. The van der Waals surface area contributed by atoms with Crippen molar-refractivity contribution in [2.45, 2.75) is 143 Å². The van der Waals surface area contributed by atoms with Gasteiger partial charge in [0.15, 0.2) is 0 Å². The third-order valence-corrected chi connectivity index (χ3v) is 11.3. The van der Waals surface area contributed by atoms with E-state index in [0.717, 1.165) is 0 Å². The second-order valence-corrected chi connectivity index (χ2v) is 26.1. The highest BCUT2D eigenvalue weighted by Crippen LogP contribution is 2.48. The van der Waals surface area contributed by atoms with Gasteiger partial charge in [-0.25, -0.2) is 0 Å². The number of carbonyl (C=O) groups is 1. The molecule has 0 bridgehead atoms. The maximum atomic E-state index is 11.5. The lowest BCUT2D eigenvalue weighted by Crippen LogP contribution is -2.31. The molecule has 0 aliphatic rings. The lowest BCUT2D eigenvalue weighted by Gasteiger charge is -2.23. The molecule has 0 aromatic carbocycles. The number of ketones is 1. The lowest BCUT2D eigenvalue weighted by molar-refractivity contribution is -0.128. The summed E-state index contributed by atoms with van der Waals surface area (Å²) in [6.07, 6.45) is 1.19. The molecule has 0 rings (SSSR count). The maximum Gasteiger partial charge on any atom is 0.138 e. The van der Waals surface area contributed by atoms with Gasteiger partial charge in [0.2, 0.25) is 0 Å². The summed E-state index contributed by atoms with van der Waals surface area (Å²) in [7, 11) is 0.809. The first-order valence-corrected chi connectivity index (χ1v) is 21.7. The number of aliphatic hydroxyl groups excluding tert-OH is 4. The average molecular weight is 733 g/mol. The smallest absolute Gasteiger partial charge is 0.138 e. The summed E-state index contributed by atoms with van der Waals surface area (Å²) < 4.78 is 22.9. The topological polar surface area (TPSA) is 147 Å². The zero-order valence-corrected chi connectivity index (χ0v) is 37.5. The van der Waals surface area contributed by atoms with E-state index in [4.69, 9.17) is 20.4 Å². The van der Waals surface area contributed by atoms with Crippen molar-refractivity contribution in [2.24, 2.45) is 27.1 Å². The normalized spacial score (nSPS) is 13.1. The summed E-state index contributed by atoms with van der Waals surface area (Å²) in [4.78, 5) is 13.7. The van der Waals surface area contributed by atoms with E-state index in [2.05, 4.69) is 86.6 Å². The van der Waals surface area contributed by atoms with Crippen LogP contribution in [0.5, 0.6) is 0 Å². The van der Waals surface area contributed by atoms with Gasteiger partial charge >= 0.3 is 0 Å². The molecule has 0 atom stereocenters. The molecule has 0 aliphatic heterocycles. The molecule has 0 aliphatic carbocycles. The van der Waals surface area contributed by atoms with Crippen molar-refractivity contribution >= 4 is 20.1 Å². The number of aliphatic hydroxyl groups is 4. The SMILES string of the molecule is CC(C)(C)CC(=O)C(C)(C)C.CC(C)(C)CP(=O)(CO)CO.CC(C)(C)CP(=O)(CO)CO.CN(C)CCC(C)(C)C.CNC(C)(C)C. The molecule has 0 saturated heterocycles. The van der Waals surface area contributed by atoms with Gasteiger partial charge in [0.25, 0.3) is 0 Å². The average Bonchev–Trinajstić information content (AvgIpc) is 2.84. The van der Waals surface area contributed by atoms with Crippen molar-refractivity contribution in [1.29, 1.82) is 0 Å². The Labute approximate surface area is 299 Å². The largest absolute Gasteiger partial charge is 0.389 e. The van der Waals surface area contributed by atoms with Crippen LogP contribution < -0.4 is 5.32 Å². The zero-order valence-electron chi connectivity index (χ0n) is 35.7. The molecule has 0 saturated carbocycles. The molecule has 0 amide bonds. The quantitative estimate of drug-likeness (QED) is 0.147. The number of carbonyl (C=O) groups excluding carboxylic acids is 1. The van der Waals surface area contributed by atoms with E-state index >= 15 is 0 Å². The van der Waals surface area contributed by atoms with Crippen molar-refractivity contribution in [3.8, 4) is 0 Å². The number of nitrogens with one attached hydrogen (secondary N) is 1. The fourth-order valence-corrected chi connectivity index (χ4v) is 7.36. The van der Waals surface area contributed by atoms with Gasteiger partial charge in [0.1, 0.15) is 20.1 Å². The Morgan fingerprint density at radius 3 is 0.896 bits per heavy atom. The van der Waals surface area contributed by atoms with Crippen LogP contribution >= 0.6 is 14.3 Å². The van der Waals surface area contributed by atoms with Crippen LogP contribution in [0.1, 0.15) is 137 Å². The summed E-state index contributed by atoms with van der Waals surface area (Å²) in [5.74, 6) is 0.352. The number of hydrogen-bond donors (Lipinski definition) is 5. The monoisotopic (exact) mass is 733 g/mol. The van der Waals surface area contributed by atoms with Gasteiger partial charge in [-0.1, -0.05) is 104 Å². The lowest BCUT2D eigenvalue weighted by atomic mass is 9.80. The van der Waals surface area contributed by atoms with Crippen LogP contribution in [-0.4, -0.2) is 102 Å². The Morgan fingerprint density at radius 1 is 0.562 bits per heavy atom. The van der Waals surface area contributed by atoms with Gasteiger partial charge < -0.3 is 39.8 Å². The standard InChI is InChI=1S/C10H20O.C8H19N.2C7H17O3P.C5H13N/c1-9(2,3)7-8(11)10(4,5)6;1-8(2,3)6-7-9(4)5;2*1-7(2,3)4-11(10,5-8)6-9;1-5(2,3)6-4/h7H2,1-6H3;6-7H2,1-5H3;2*8-9H,4-6H2,1-3H3;6H,1-4H3. The molecule has 48 heavy (non-hydrogen) atoms. The Bertz CT molecular complexity index is 857. The van der Waals surface area contributed by atoms with Gasteiger partial charge in [-0.3, -0.25) is 4.79 Å². The van der Waals surface area contributed by atoms with Crippen molar-refractivity contribution < 1.29 is 34.4 Å². The third-order valence-electron chi connectivity index (χ3n) is 6.14. The van der Waals surface area contributed by atoms with E-state index in [1.807, 2.05) is 69.4 Å². The minimum absolute atomic E-state index is 0.0962. The molecular weight excluding hydrogens is 646 g/mol. The van der Waals surface area contributed by atoms with E-state index in [9.17, 15) is 13.9 Å². The van der Waals surface area contributed by atoms with Gasteiger partial charge in [-0.15, -0.1) is 0 Å². The molecular formula is C37H86N2O7P2. The van der Waals surface area contributed by atoms with Crippen molar-refractivity contribution in [3.63, 3.8) is 0 Å². The van der Waals surface area contributed by atoms with E-state index in [1.54, 1.807) is 0 Å². The Hall–Kier alpha value is -0.110. The molecule has 11 heteroatoms. The van der Waals surface area contributed by atoms with Crippen LogP contribution in [0.4, 0.5) is 0 Å². The van der Waals surface area contributed by atoms with Crippen LogP contribution in [-0.2, 0) is 13.9 Å². The molecule has 0 heterocycles. The van der Waals surface area contributed by atoms with Crippen LogP contribution in [0.2, 0.25) is 0 Å². The number of Topliss-reactive ketones (excluding diaryl/α,β-unsaturated/α-hetero) is 1. The first kappa shape index (κ1) is 57.2. The van der Waals surface area contributed by atoms with E-state index < -0.39 is 14.3 Å². The molecule has 296 valence electrons. The van der Waals surface area contributed by atoms with E-state index in [0.29, 0.717) is 35.5 Å². The fourth-order valence-electron chi connectivity index (χ4n) is 3.32. The second-order valence-electron chi connectivity index (χ2n) is 20.1. The fraction of sp³-hybridized carbons (Fsp3) is 0.973. The summed E-state index contributed by atoms with van der Waals surface area (Å²) in [6.45, 7) is 38.2. The van der Waals surface area contributed by atoms with E-state index in [-0.39, 0.29) is 47.1 Å². The third kappa shape index (κ3) is 48.0. The predicted molar refractivity (Wildman–Crippen MR) is 212 cm³/mol. The van der Waals surface area contributed by atoms with Gasteiger partial charge in [-0.05, 0) is 76.5 Å². The summed E-state index contributed by atoms with van der Waals surface area (Å²) in [5, 5.41) is 38.0. The molecule has 9 nitrogen and oxygen atoms in total. The van der Waals surface area contributed by atoms with E-state index in [1.165, 1.54) is 13.0 Å². The number of rotatable bonds is 9. The molecule has 0 fully saturated rings. The Morgan fingerprint density at radius 2 is 0.833 bits per heavy atom. The molecule has 0 aromatic rings. The molecule has 0 radical (unpaired) electrons. The predicted octanol–water partition coefficient (Wildman–Crippen LogP) is 8.62. The van der Waals surface area contributed by atoms with Crippen LogP contribution in [0, 0.1) is 27.1 Å².